The lowest BCUT2D eigenvalue weighted by Gasteiger charge is -2.04. The second-order valence-corrected chi connectivity index (χ2v) is 5.90. The van der Waals surface area contributed by atoms with E-state index in [1.54, 1.807) is 24.3 Å². The minimum atomic E-state index is -0.0863. The maximum Gasteiger partial charge on any atom is 0.194 e. The fraction of sp³-hybridized carbons (Fsp3) is 0. The van der Waals surface area contributed by atoms with E-state index in [0.29, 0.717) is 16.1 Å². The number of H-pyrrole nitrogens is 1. The van der Waals surface area contributed by atoms with Gasteiger partial charge in [0.15, 0.2) is 5.78 Å². The van der Waals surface area contributed by atoms with Crippen molar-refractivity contribution in [3.05, 3.63) is 88.9 Å². The zero-order valence-electron chi connectivity index (χ0n) is 12.7. The normalized spacial score (nSPS) is 10.9. The Morgan fingerprint density at radius 3 is 2.33 bits per heavy atom. The van der Waals surface area contributed by atoms with E-state index in [1.807, 2.05) is 48.5 Å². The van der Waals surface area contributed by atoms with Gasteiger partial charge in [-0.2, -0.15) is 0 Å². The number of benzene rings is 3. The van der Waals surface area contributed by atoms with Gasteiger partial charge >= 0.3 is 0 Å². The molecule has 0 spiro atoms. The molecule has 0 saturated heterocycles. The van der Waals surface area contributed by atoms with Crippen molar-refractivity contribution in [2.24, 2.45) is 0 Å². The Balaban J connectivity index is 1.67. The second kappa shape index (κ2) is 5.95. The zero-order chi connectivity index (χ0) is 16.5. The summed E-state index contributed by atoms with van der Waals surface area (Å²) >= 11 is 6.11. The summed E-state index contributed by atoms with van der Waals surface area (Å²) in [4.78, 5) is 20.4. The van der Waals surface area contributed by atoms with E-state index in [9.17, 15) is 4.79 Å². The molecule has 0 amide bonds. The van der Waals surface area contributed by atoms with Crippen molar-refractivity contribution >= 4 is 28.4 Å². The smallest absolute Gasteiger partial charge is 0.194 e. The third-order valence-corrected chi connectivity index (χ3v) is 4.26. The molecule has 0 atom stereocenters. The van der Waals surface area contributed by atoms with Crippen molar-refractivity contribution in [2.45, 2.75) is 0 Å². The van der Waals surface area contributed by atoms with Gasteiger partial charge in [-0.05, 0) is 24.3 Å². The number of carbonyl (C=O) groups excluding carboxylic acids is 1. The van der Waals surface area contributed by atoms with Crippen molar-refractivity contribution < 1.29 is 4.79 Å². The number of nitrogens with one attached hydrogen (secondary N) is 1. The number of aromatic amines is 1. The number of fused-ring (bicyclic) bond motifs is 1. The fourth-order valence-electron chi connectivity index (χ4n) is 2.67. The number of rotatable bonds is 3. The summed E-state index contributed by atoms with van der Waals surface area (Å²) in [7, 11) is 0. The maximum atomic E-state index is 12.5. The Kier molecular flexibility index (Phi) is 3.63. The molecule has 1 N–H and O–H groups in total. The SMILES string of the molecule is O=C(c1ccc(-c2nc3ccccc3[nH]2)cc1)c1ccccc1Cl. The first-order valence-electron chi connectivity index (χ1n) is 7.57. The van der Waals surface area contributed by atoms with Crippen LogP contribution in [-0.4, -0.2) is 15.8 Å². The number of nitrogens with zero attached hydrogens (tertiary/aromatic N) is 1. The molecule has 4 rings (SSSR count). The van der Waals surface area contributed by atoms with E-state index in [1.165, 1.54) is 0 Å². The van der Waals surface area contributed by atoms with Crippen LogP contribution in [0.2, 0.25) is 5.02 Å². The van der Waals surface area contributed by atoms with Crippen LogP contribution in [0.4, 0.5) is 0 Å². The summed E-state index contributed by atoms with van der Waals surface area (Å²) in [5, 5.41) is 0.462. The minimum Gasteiger partial charge on any atom is -0.338 e. The molecule has 116 valence electrons. The Morgan fingerprint density at radius 1 is 0.875 bits per heavy atom. The number of hydrogen-bond donors (Lipinski definition) is 1. The molecule has 3 nitrogen and oxygen atoms in total. The summed E-state index contributed by atoms with van der Waals surface area (Å²) in [6.45, 7) is 0. The van der Waals surface area contributed by atoms with E-state index < -0.39 is 0 Å². The molecular weight excluding hydrogens is 320 g/mol. The lowest BCUT2D eigenvalue weighted by molar-refractivity contribution is 0.103. The van der Waals surface area contributed by atoms with Gasteiger partial charge in [-0.25, -0.2) is 4.98 Å². The van der Waals surface area contributed by atoms with Gasteiger partial charge in [-0.1, -0.05) is 60.1 Å². The summed E-state index contributed by atoms with van der Waals surface area (Å²) in [6.07, 6.45) is 0. The highest BCUT2D eigenvalue weighted by Gasteiger charge is 2.13. The van der Waals surface area contributed by atoms with Gasteiger partial charge < -0.3 is 4.98 Å². The number of para-hydroxylation sites is 2. The van der Waals surface area contributed by atoms with Gasteiger partial charge in [-0.15, -0.1) is 0 Å². The van der Waals surface area contributed by atoms with Crippen LogP contribution in [0.15, 0.2) is 72.8 Å². The number of ketones is 1. The van der Waals surface area contributed by atoms with Crippen molar-refractivity contribution in [3.63, 3.8) is 0 Å². The third kappa shape index (κ3) is 2.59. The van der Waals surface area contributed by atoms with Crippen LogP contribution in [0, 0.1) is 0 Å². The Bertz CT molecular complexity index is 1000. The molecule has 24 heavy (non-hydrogen) atoms. The quantitative estimate of drug-likeness (QED) is 0.529. The van der Waals surface area contributed by atoms with E-state index in [0.717, 1.165) is 22.4 Å². The van der Waals surface area contributed by atoms with E-state index in [-0.39, 0.29) is 5.78 Å². The van der Waals surface area contributed by atoms with Crippen LogP contribution < -0.4 is 0 Å². The van der Waals surface area contributed by atoms with Crippen LogP contribution in [0.3, 0.4) is 0 Å². The van der Waals surface area contributed by atoms with E-state index in [2.05, 4.69) is 9.97 Å². The lowest BCUT2D eigenvalue weighted by Crippen LogP contribution is -2.01. The first-order valence-corrected chi connectivity index (χ1v) is 7.94. The van der Waals surface area contributed by atoms with Crippen molar-refractivity contribution in [3.8, 4) is 11.4 Å². The van der Waals surface area contributed by atoms with E-state index in [4.69, 9.17) is 11.6 Å². The fourth-order valence-corrected chi connectivity index (χ4v) is 2.89. The predicted octanol–water partition coefficient (Wildman–Crippen LogP) is 5.11. The molecule has 0 fully saturated rings. The number of halogens is 1. The molecule has 4 aromatic rings. The first kappa shape index (κ1) is 14.7. The van der Waals surface area contributed by atoms with Crippen molar-refractivity contribution in [1.29, 1.82) is 0 Å². The Hall–Kier alpha value is -2.91. The van der Waals surface area contributed by atoms with Crippen molar-refractivity contribution in [2.75, 3.05) is 0 Å². The minimum absolute atomic E-state index is 0.0863. The first-order chi connectivity index (χ1) is 11.7. The summed E-state index contributed by atoms with van der Waals surface area (Å²) < 4.78 is 0. The second-order valence-electron chi connectivity index (χ2n) is 5.49. The van der Waals surface area contributed by atoms with Crippen LogP contribution in [0.25, 0.3) is 22.4 Å². The molecule has 0 saturated carbocycles. The van der Waals surface area contributed by atoms with Gasteiger partial charge in [0.2, 0.25) is 0 Å². The Morgan fingerprint density at radius 2 is 1.58 bits per heavy atom. The highest BCUT2D eigenvalue weighted by molar-refractivity contribution is 6.35. The number of aromatic nitrogens is 2. The molecule has 0 unspecified atom stereocenters. The van der Waals surface area contributed by atoms with Crippen LogP contribution in [0.5, 0.6) is 0 Å². The zero-order valence-corrected chi connectivity index (χ0v) is 13.4. The monoisotopic (exact) mass is 332 g/mol. The largest absolute Gasteiger partial charge is 0.338 e. The lowest BCUT2D eigenvalue weighted by atomic mass is 10.0. The van der Waals surface area contributed by atoms with E-state index >= 15 is 0 Å². The highest BCUT2D eigenvalue weighted by atomic mass is 35.5. The molecule has 4 heteroatoms. The van der Waals surface area contributed by atoms with Gasteiger partial charge in [0, 0.05) is 16.7 Å². The molecule has 3 aromatic carbocycles. The number of carbonyl (C=O) groups is 1. The Labute approximate surface area is 143 Å². The van der Waals surface area contributed by atoms with Gasteiger partial charge in [0.1, 0.15) is 5.82 Å². The van der Waals surface area contributed by atoms with Gasteiger partial charge in [0.25, 0.3) is 0 Å². The standard InChI is InChI=1S/C20H13ClN2O/c21-16-6-2-1-5-15(16)19(24)13-9-11-14(12-10-13)20-22-17-7-3-4-8-18(17)23-20/h1-12H,(H,22,23). The van der Waals surface area contributed by atoms with Crippen LogP contribution in [0.1, 0.15) is 15.9 Å². The number of imidazole rings is 1. The molecule has 1 heterocycles. The molecule has 1 aromatic heterocycles. The van der Waals surface area contributed by atoms with Crippen molar-refractivity contribution in [1.82, 2.24) is 9.97 Å². The topological polar surface area (TPSA) is 45.8 Å². The average Bonchev–Trinajstić information content (AvgIpc) is 3.06. The molecule has 0 radical (unpaired) electrons. The summed E-state index contributed by atoms with van der Waals surface area (Å²) in [6, 6.07) is 22.3. The van der Waals surface area contributed by atoms with Crippen LogP contribution in [-0.2, 0) is 0 Å². The average molecular weight is 333 g/mol. The summed E-state index contributed by atoms with van der Waals surface area (Å²) in [5.74, 6) is 0.699. The molecule has 0 aliphatic carbocycles. The van der Waals surface area contributed by atoms with Gasteiger partial charge in [0.05, 0.1) is 16.1 Å². The number of hydrogen-bond acceptors (Lipinski definition) is 2. The molecule has 0 aliphatic heterocycles. The highest BCUT2D eigenvalue weighted by Crippen LogP contribution is 2.23. The van der Waals surface area contributed by atoms with Crippen LogP contribution >= 0.6 is 11.6 Å². The molecule has 0 aliphatic rings. The molecular formula is C20H13ClN2O. The summed E-state index contributed by atoms with van der Waals surface area (Å²) in [5.41, 5.74) is 3.95. The predicted molar refractivity (Wildman–Crippen MR) is 96.4 cm³/mol. The van der Waals surface area contributed by atoms with Gasteiger partial charge in [-0.3, -0.25) is 4.79 Å². The molecule has 0 bridgehead atoms. The maximum absolute atomic E-state index is 12.5. The third-order valence-electron chi connectivity index (χ3n) is 3.93.